The number of halogens is 2. The van der Waals surface area contributed by atoms with Crippen molar-refractivity contribution in [2.75, 3.05) is 11.9 Å². The van der Waals surface area contributed by atoms with Gasteiger partial charge < -0.3 is 10.1 Å². The van der Waals surface area contributed by atoms with Crippen LogP contribution in [0, 0.1) is 11.6 Å². The van der Waals surface area contributed by atoms with Crippen molar-refractivity contribution in [2.45, 2.75) is 6.61 Å². The van der Waals surface area contributed by atoms with E-state index in [0.29, 0.717) is 35.7 Å². The Morgan fingerprint density at radius 2 is 1.74 bits per heavy atom. The molecule has 0 unspecified atom stereocenters. The van der Waals surface area contributed by atoms with Gasteiger partial charge in [0, 0.05) is 11.6 Å². The molecule has 1 heterocycles. The van der Waals surface area contributed by atoms with Crippen LogP contribution in [0.5, 0.6) is 5.75 Å². The van der Waals surface area contributed by atoms with E-state index in [-0.39, 0.29) is 10.6 Å². The predicted octanol–water partition coefficient (Wildman–Crippen LogP) is 5.22. The second-order valence-electron chi connectivity index (χ2n) is 7.25. The van der Waals surface area contributed by atoms with Crippen LogP contribution in [0.3, 0.4) is 0 Å². The first kappa shape index (κ1) is 23.2. The lowest BCUT2D eigenvalue weighted by Gasteiger charge is -2.13. The molecule has 0 radical (unpaired) electrons. The summed E-state index contributed by atoms with van der Waals surface area (Å²) in [6, 6.07) is 19.3. The zero-order valence-corrected chi connectivity index (χ0v) is 18.5. The van der Waals surface area contributed by atoms with Crippen molar-refractivity contribution in [3.63, 3.8) is 0 Å². The molecule has 1 aliphatic rings. The van der Waals surface area contributed by atoms with Crippen LogP contribution >= 0.6 is 11.8 Å². The van der Waals surface area contributed by atoms with Gasteiger partial charge in [-0.15, -0.1) is 0 Å². The highest BCUT2D eigenvalue weighted by molar-refractivity contribution is 8.18. The summed E-state index contributed by atoms with van der Waals surface area (Å²) in [7, 11) is 0. The van der Waals surface area contributed by atoms with Gasteiger partial charge in [-0.25, -0.2) is 8.78 Å². The van der Waals surface area contributed by atoms with Crippen molar-refractivity contribution in [2.24, 2.45) is 0 Å². The monoisotopic (exact) mass is 480 g/mol. The van der Waals surface area contributed by atoms with E-state index in [1.807, 2.05) is 30.3 Å². The number of nitrogens with one attached hydrogen (secondary N) is 1. The van der Waals surface area contributed by atoms with E-state index in [1.165, 1.54) is 6.08 Å². The second kappa shape index (κ2) is 10.3. The first-order valence-corrected chi connectivity index (χ1v) is 11.0. The molecule has 0 aliphatic carbocycles. The molecular formula is C25H18F2N2O4S. The third-order valence-electron chi connectivity index (χ3n) is 4.82. The van der Waals surface area contributed by atoms with Crippen molar-refractivity contribution in [3.8, 4) is 5.75 Å². The van der Waals surface area contributed by atoms with E-state index in [2.05, 4.69) is 5.32 Å². The number of anilines is 1. The Labute approximate surface area is 198 Å². The summed E-state index contributed by atoms with van der Waals surface area (Å²) in [5.74, 6) is -2.67. The number of carbonyl (C=O) groups excluding carboxylic acids is 3. The van der Waals surface area contributed by atoms with Crippen LogP contribution < -0.4 is 10.1 Å². The highest BCUT2D eigenvalue weighted by Crippen LogP contribution is 2.34. The summed E-state index contributed by atoms with van der Waals surface area (Å²) in [5.41, 5.74) is 1.32. The van der Waals surface area contributed by atoms with Gasteiger partial charge in [-0.2, -0.15) is 0 Å². The summed E-state index contributed by atoms with van der Waals surface area (Å²) < 4.78 is 32.7. The van der Waals surface area contributed by atoms with E-state index in [1.54, 1.807) is 24.3 Å². The fraction of sp³-hybridized carbons (Fsp3) is 0.0800. The summed E-state index contributed by atoms with van der Waals surface area (Å²) in [6.45, 7) is -0.279. The highest BCUT2D eigenvalue weighted by atomic mass is 32.2. The van der Waals surface area contributed by atoms with Gasteiger partial charge >= 0.3 is 0 Å². The normalized spacial score (nSPS) is 14.5. The Morgan fingerprint density at radius 1 is 1.00 bits per heavy atom. The Hall–Kier alpha value is -3.98. The van der Waals surface area contributed by atoms with Crippen LogP contribution in [0.15, 0.2) is 77.7 Å². The van der Waals surface area contributed by atoms with Crippen molar-refractivity contribution in [1.82, 2.24) is 4.90 Å². The summed E-state index contributed by atoms with van der Waals surface area (Å²) in [4.78, 5) is 38.3. The van der Waals surface area contributed by atoms with Gasteiger partial charge in [-0.1, -0.05) is 48.5 Å². The molecule has 1 saturated heterocycles. The van der Waals surface area contributed by atoms with Crippen molar-refractivity contribution in [1.29, 1.82) is 0 Å². The summed E-state index contributed by atoms with van der Waals surface area (Å²) >= 11 is 0.693. The number of nitrogens with zero attached hydrogens (tertiary/aromatic N) is 1. The number of ether oxygens (including phenoxy) is 1. The summed E-state index contributed by atoms with van der Waals surface area (Å²) in [6.07, 6.45) is 1.53. The first-order valence-electron chi connectivity index (χ1n) is 10.2. The van der Waals surface area contributed by atoms with Crippen molar-refractivity contribution in [3.05, 3.63) is 100 Å². The second-order valence-corrected chi connectivity index (χ2v) is 8.25. The standard InChI is InChI=1S/C25H18F2N2O4S/c26-18-10-11-20(19(27)13-18)28-23(30)14-29-24(31)22(34-25(29)32)12-17-8-4-5-9-21(17)33-15-16-6-2-1-3-7-16/h1-13H,14-15H2,(H,28,30)/b22-12+. The lowest BCUT2D eigenvalue weighted by Crippen LogP contribution is -2.36. The molecule has 34 heavy (non-hydrogen) atoms. The molecule has 1 N–H and O–H groups in total. The Kier molecular flexibility index (Phi) is 7.03. The number of rotatable bonds is 7. The third-order valence-corrected chi connectivity index (χ3v) is 5.73. The smallest absolute Gasteiger partial charge is 0.294 e. The summed E-state index contributed by atoms with van der Waals surface area (Å²) in [5, 5.41) is 1.61. The number of imide groups is 1. The average molecular weight is 480 g/mol. The fourth-order valence-corrected chi connectivity index (χ4v) is 4.00. The molecule has 172 valence electrons. The zero-order valence-electron chi connectivity index (χ0n) is 17.7. The molecule has 0 aromatic heterocycles. The molecule has 0 spiro atoms. The van der Waals surface area contributed by atoms with Gasteiger partial charge in [0.25, 0.3) is 11.1 Å². The zero-order chi connectivity index (χ0) is 24.1. The quantitative estimate of drug-likeness (QED) is 0.470. The number of benzene rings is 3. The topological polar surface area (TPSA) is 75.7 Å². The molecule has 0 saturated carbocycles. The van der Waals surface area contributed by atoms with E-state index in [0.717, 1.165) is 22.6 Å². The number of amides is 3. The molecule has 3 amide bonds. The third kappa shape index (κ3) is 5.49. The maximum Gasteiger partial charge on any atom is 0.294 e. The maximum atomic E-state index is 13.8. The molecular weight excluding hydrogens is 462 g/mol. The fourth-order valence-electron chi connectivity index (χ4n) is 3.17. The van der Waals surface area contributed by atoms with Gasteiger partial charge in [-0.05, 0) is 41.6 Å². The number of carbonyl (C=O) groups is 3. The van der Waals surface area contributed by atoms with Crippen molar-refractivity contribution >= 4 is 40.6 Å². The predicted molar refractivity (Wildman–Crippen MR) is 125 cm³/mol. The Morgan fingerprint density at radius 3 is 2.50 bits per heavy atom. The van der Waals surface area contributed by atoms with E-state index in [4.69, 9.17) is 4.74 Å². The Balaban J connectivity index is 1.45. The van der Waals surface area contributed by atoms with Crippen LogP contribution in [0.25, 0.3) is 6.08 Å². The highest BCUT2D eigenvalue weighted by Gasteiger charge is 2.36. The SMILES string of the molecule is O=C(CN1C(=O)S/C(=C/c2ccccc2OCc2ccccc2)C1=O)Nc1ccc(F)cc1F. The van der Waals surface area contributed by atoms with Gasteiger partial charge in [0.1, 0.15) is 30.5 Å². The molecule has 3 aromatic rings. The van der Waals surface area contributed by atoms with Gasteiger partial charge in [0.2, 0.25) is 5.91 Å². The van der Waals surface area contributed by atoms with Crippen LogP contribution in [0.4, 0.5) is 19.3 Å². The van der Waals surface area contributed by atoms with Gasteiger partial charge in [0.15, 0.2) is 0 Å². The van der Waals surface area contributed by atoms with E-state index in [9.17, 15) is 23.2 Å². The lowest BCUT2D eigenvalue weighted by atomic mass is 10.1. The van der Waals surface area contributed by atoms with Crippen LogP contribution in [0.2, 0.25) is 0 Å². The van der Waals surface area contributed by atoms with Crippen LogP contribution in [-0.2, 0) is 16.2 Å². The average Bonchev–Trinajstić information content (AvgIpc) is 3.08. The first-order chi connectivity index (χ1) is 16.4. The number of hydrogen-bond donors (Lipinski definition) is 1. The Bertz CT molecular complexity index is 1280. The van der Waals surface area contributed by atoms with Crippen molar-refractivity contribution < 1.29 is 27.9 Å². The van der Waals surface area contributed by atoms with Gasteiger partial charge in [0.05, 0.1) is 10.6 Å². The maximum absolute atomic E-state index is 13.8. The van der Waals surface area contributed by atoms with Crippen LogP contribution in [-0.4, -0.2) is 28.5 Å². The number of thioether (sulfide) groups is 1. The van der Waals surface area contributed by atoms with E-state index >= 15 is 0 Å². The molecule has 3 aromatic carbocycles. The molecule has 1 aliphatic heterocycles. The molecule has 0 bridgehead atoms. The molecule has 6 nitrogen and oxygen atoms in total. The number of hydrogen-bond acceptors (Lipinski definition) is 5. The molecule has 4 rings (SSSR count). The van der Waals surface area contributed by atoms with Crippen LogP contribution in [0.1, 0.15) is 11.1 Å². The van der Waals surface area contributed by atoms with Gasteiger partial charge in [-0.3, -0.25) is 19.3 Å². The minimum Gasteiger partial charge on any atom is -0.488 e. The molecule has 1 fully saturated rings. The number of para-hydroxylation sites is 1. The minimum atomic E-state index is -0.963. The van der Waals surface area contributed by atoms with E-state index < -0.39 is 35.2 Å². The molecule has 9 heteroatoms. The lowest BCUT2D eigenvalue weighted by molar-refractivity contribution is -0.127. The minimum absolute atomic E-state index is 0.126. The molecule has 0 atom stereocenters. The largest absolute Gasteiger partial charge is 0.488 e.